The minimum Gasteiger partial charge on any atom is -0.352 e. The third-order valence-electron chi connectivity index (χ3n) is 3.19. The maximum atomic E-state index is 11.8. The first kappa shape index (κ1) is 13.5. The minimum absolute atomic E-state index is 0.0584. The van der Waals surface area contributed by atoms with E-state index in [1.807, 2.05) is 14.0 Å². The molecule has 0 aromatic carbocycles. The highest BCUT2D eigenvalue weighted by Gasteiger charge is 2.29. The molecule has 3 N–H and O–H groups in total. The molecular weight excluding hydrogens is 202 g/mol. The van der Waals surface area contributed by atoms with Crippen molar-refractivity contribution in [2.24, 2.45) is 11.1 Å². The normalized spacial score (nSPS) is 18.6. The molecule has 0 radical (unpaired) electrons. The lowest BCUT2D eigenvalue weighted by Gasteiger charge is -2.32. The summed E-state index contributed by atoms with van der Waals surface area (Å²) in [5.41, 5.74) is 5.75. The Labute approximate surface area is 98.6 Å². The van der Waals surface area contributed by atoms with Crippen molar-refractivity contribution in [1.29, 1.82) is 0 Å². The molecular formula is C12H25N3O. The van der Waals surface area contributed by atoms with Crippen LogP contribution in [0.5, 0.6) is 0 Å². The van der Waals surface area contributed by atoms with Gasteiger partial charge < -0.3 is 11.1 Å². The van der Waals surface area contributed by atoms with Gasteiger partial charge in [0.05, 0.1) is 6.04 Å². The molecule has 1 saturated carbocycles. The van der Waals surface area contributed by atoms with Crippen molar-refractivity contribution in [3.05, 3.63) is 0 Å². The average Bonchev–Trinajstić information content (AvgIpc) is 2.99. The summed E-state index contributed by atoms with van der Waals surface area (Å²) in [6, 6.07) is 0.359. The van der Waals surface area contributed by atoms with Crippen molar-refractivity contribution < 1.29 is 4.79 Å². The third kappa shape index (κ3) is 4.10. The lowest BCUT2D eigenvalue weighted by atomic mass is 9.93. The molecule has 0 aromatic rings. The zero-order valence-electron chi connectivity index (χ0n) is 10.9. The van der Waals surface area contributed by atoms with Gasteiger partial charge in [0.2, 0.25) is 5.91 Å². The van der Waals surface area contributed by atoms with E-state index in [2.05, 4.69) is 24.1 Å². The third-order valence-corrected chi connectivity index (χ3v) is 3.19. The van der Waals surface area contributed by atoms with Crippen molar-refractivity contribution in [3.63, 3.8) is 0 Å². The van der Waals surface area contributed by atoms with E-state index in [9.17, 15) is 4.79 Å². The van der Waals surface area contributed by atoms with E-state index in [-0.39, 0.29) is 17.4 Å². The van der Waals surface area contributed by atoms with E-state index in [0.717, 1.165) is 19.4 Å². The minimum atomic E-state index is -0.0774. The number of hydrogen-bond acceptors (Lipinski definition) is 3. The standard InChI is InChI=1S/C12H25N3O/c1-9(11(16)14-10-5-6-10)15(4)8-12(2,3)7-13/h9-10H,5-8,13H2,1-4H3,(H,14,16). The molecule has 0 bridgehead atoms. The molecule has 4 heteroatoms. The maximum absolute atomic E-state index is 11.8. The average molecular weight is 227 g/mol. The second-order valence-electron chi connectivity index (χ2n) is 5.74. The number of hydrogen-bond donors (Lipinski definition) is 2. The van der Waals surface area contributed by atoms with E-state index < -0.39 is 0 Å². The van der Waals surface area contributed by atoms with Crippen LogP contribution in [-0.2, 0) is 4.79 Å². The number of carbonyl (C=O) groups is 1. The van der Waals surface area contributed by atoms with Gasteiger partial charge in [0.1, 0.15) is 0 Å². The van der Waals surface area contributed by atoms with Crippen LogP contribution in [0.1, 0.15) is 33.6 Å². The highest BCUT2D eigenvalue weighted by Crippen LogP contribution is 2.20. The Morgan fingerprint density at radius 3 is 2.56 bits per heavy atom. The van der Waals surface area contributed by atoms with Crippen molar-refractivity contribution >= 4 is 5.91 Å². The van der Waals surface area contributed by atoms with Gasteiger partial charge in [-0.05, 0) is 38.8 Å². The fourth-order valence-corrected chi connectivity index (χ4v) is 1.63. The highest BCUT2D eigenvalue weighted by molar-refractivity contribution is 5.81. The van der Waals surface area contributed by atoms with E-state index in [1.54, 1.807) is 0 Å². The second-order valence-corrected chi connectivity index (χ2v) is 5.74. The van der Waals surface area contributed by atoms with Gasteiger partial charge in [-0.15, -0.1) is 0 Å². The van der Waals surface area contributed by atoms with Gasteiger partial charge in [-0.2, -0.15) is 0 Å². The molecule has 1 fully saturated rings. The van der Waals surface area contributed by atoms with Gasteiger partial charge in [0, 0.05) is 12.6 Å². The number of likely N-dealkylation sites (N-methyl/N-ethyl adjacent to an activating group) is 1. The van der Waals surface area contributed by atoms with Crippen LogP contribution in [0, 0.1) is 5.41 Å². The Hall–Kier alpha value is -0.610. The number of rotatable bonds is 6. The Bertz CT molecular complexity index is 249. The van der Waals surface area contributed by atoms with Crippen LogP contribution in [0.4, 0.5) is 0 Å². The Balaban J connectivity index is 2.39. The predicted octanol–water partition coefficient (Wildman–Crippen LogP) is 0.570. The molecule has 4 nitrogen and oxygen atoms in total. The van der Waals surface area contributed by atoms with Gasteiger partial charge in [0.25, 0.3) is 0 Å². The van der Waals surface area contributed by atoms with E-state index >= 15 is 0 Å². The molecule has 1 atom stereocenters. The van der Waals surface area contributed by atoms with Crippen molar-refractivity contribution in [2.45, 2.75) is 45.7 Å². The molecule has 1 rings (SSSR count). The van der Waals surface area contributed by atoms with Crippen LogP contribution in [-0.4, -0.2) is 43.0 Å². The summed E-state index contributed by atoms with van der Waals surface area (Å²) in [6.45, 7) is 7.66. The van der Waals surface area contributed by atoms with Crippen molar-refractivity contribution in [1.82, 2.24) is 10.2 Å². The second kappa shape index (κ2) is 5.15. The smallest absolute Gasteiger partial charge is 0.237 e. The predicted molar refractivity (Wildman–Crippen MR) is 66.1 cm³/mol. The maximum Gasteiger partial charge on any atom is 0.237 e. The van der Waals surface area contributed by atoms with E-state index in [4.69, 9.17) is 5.73 Å². The summed E-state index contributed by atoms with van der Waals surface area (Å²) >= 11 is 0. The molecule has 94 valence electrons. The van der Waals surface area contributed by atoms with Crippen molar-refractivity contribution in [3.8, 4) is 0 Å². The SMILES string of the molecule is CC(C(=O)NC1CC1)N(C)CC(C)(C)CN. The van der Waals surface area contributed by atoms with Crippen LogP contribution in [0.3, 0.4) is 0 Å². The van der Waals surface area contributed by atoms with Gasteiger partial charge in [-0.25, -0.2) is 0 Å². The fraction of sp³-hybridized carbons (Fsp3) is 0.917. The lowest BCUT2D eigenvalue weighted by molar-refractivity contribution is -0.125. The first-order chi connectivity index (χ1) is 7.35. The topological polar surface area (TPSA) is 58.4 Å². The van der Waals surface area contributed by atoms with Gasteiger partial charge >= 0.3 is 0 Å². The zero-order valence-corrected chi connectivity index (χ0v) is 10.9. The molecule has 1 unspecified atom stereocenters. The Morgan fingerprint density at radius 2 is 2.12 bits per heavy atom. The first-order valence-corrected chi connectivity index (χ1v) is 6.06. The number of nitrogens with two attached hydrogens (primary N) is 1. The number of carbonyl (C=O) groups excluding carboxylic acids is 1. The Kier molecular flexibility index (Phi) is 4.33. The molecule has 1 aliphatic rings. The van der Waals surface area contributed by atoms with Crippen LogP contribution in [0.15, 0.2) is 0 Å². The zero-order chi connectivity index (χ0) is 12.3. The van der Waals surface area contributed by atoms with Crippen LogP contribution in [0.2, 0.25) is 0 Å². The molecule has 0 spiro atoms. The highest BCUT2D eigenvalue weighted by atomic mass is 16.2. The molecule has 0 aromatic heterocycles. The van der Waals surface area contributed by atoms with E-state index in [1.165, 1.54) is 0 Å². The van der Waals surface area contributed by atoms with Gasteiger partial charge in [-0.1, -0.05) is 13.8 Å². The first-order valence-electron chi connectivity index (χ1n) is 6.06. The monoisotopic (exact) mass is 227 g/mol. The van der Waals surface area contributed by atoms with Crippen LogP contribution >= 0.6 is 0 Å². The summed E-state index contributed by atoms with van der Waals surface area (Å²) in [5.74, 6) is 0.137. The van der Waals surface area contributed by atoms with Crippen LogP contribution < -0.4 is 11.1 Å². The quantitative estimate of drug-likeness (QED) is 0.697. The molecule has 16 heavy (non-hydrogen) atoms. The van der Waals surface area contributed by atoms with E-state index in [0.29, 0.717) is 12.6 Å². The molecule has 1 amide bonds. The summed E-state index contributed by atoms with van der Waals surface area (Å²) in [6.07, 6.45) is 2.27. The number of nitrogens with zero attached hydrogens (tertiary/aromatic N) is 1. The number of amides is 1. The lowest BCUT2D eigenvalue weighted by Crippen LogP contribution is -2.48. The van der Waals surface area contributed by atoms with Gasteiger partial charge in [-0.3, -0.25) is 9.69 Å². The Morgan fingerprint density at radius 1 is 1.56 bits per heavy atom. The summed E-state index contributed by atoms with van der Waals surface area (Å²) in [5, 5.41) is 3.03. The summed E-state index contributed by atoms with van der Waals surface area (Å²) in [4.78, 5) is 13.9. The molecule has 0 saturated heterocycles. The molecule has 0 aliphatic heterocycles. The van der Waals surface area contributed by atoms with Crippen LogP contribution in [0.25, 0.3) is 0 Å². The fourth-order valence-electron chi connectivity index (χ4n) is 1.63. The van der Waals surface area contributed by atoms with Crippen molar-refractivity contribution in [2.75, 3.05) is 20.1 Å². The number of nitrogens with one attached hydrogen (secondary N) is 1. The summed E-state index contributed by atoms with van der Waals surface area (Å²) < 4.78 is 0. The van der Waals surface area contributed by atoms with Gasteiger partial charge in [0.15, 0.2) is 0 Å². The summed E-state index contributed by atoms with van der Waals surface area (Å²) in [7, 11) is 1.98. The largest absolute Gasteiger partial charge is 0.352 e. The molecule has 1 aliphatic carbocycles. The molecule has 0 heterocycles.